The topological polar surface area (TPSA) is 122 Å². The summed E-state index contributed by atoms with van der Waals surface area (Å²) in [6, 6.07) is 11.7. The first-order valence-corrected chi connectivity index (χ1v) is 12.6. The van der Waals surface area contributed by atoms with Crippen molar-refractivity contribution in [2.24, 2.45) is 0 Å². The van der Waals surface area contributed by atoms with Crippen LogP contribution in [0.4, 0.5) is 16.5 Å². The van der Waals surface area contributed by atoms with Gasteiger partial charge in [-0.05, 0) is 57.5 Å². The SMILES string of the molecule is Cc1c(NC(=O)OC(C)(C)C)ccc2nc(N3CCN(S(=O)(=O)c4ccccc4)CC3)oc(=O)c12. The number of anilines is 2. The van der Waals surface area contributed by atoms with Gasteiger partial charge in [0.15, 0.2) is 0 Å². The van der Waals surface area contributed by atoms with E-state index >= 15 is 0 Å². The van der Waals surface area contributed by atoms with Crippen LogP contribution in [0, 0.1) is 6.92 Å². The Bertz CT molecular complexity index is 1410. The minimum absolute atomic E-state index is 0.131. The molecule has 4 rings (SSSR count). The number of rotatable bonds is 4. The Balaban J connectivity index is 1.53. The number of benzene rings is 2. The Labute approximate surface area is 203 Å². The molecular weight excluding hydrogens is 472 g/mol. The summed E-state index contributed by atoms with van der Waals surface area (Å²) in [5.74, 6) is 0. The summed E-state index contributed by atoms with van der Waals surface area (Å²) in [6.45, 7) is 8.09. The second-order valence-electron chi connectivity index (χ2n) is 9.25. The van der Waals surface area contributed by atoms with E-state index in [2.05, 4.69) is 10.3 Å². The predicted molar refractivity (Wildman–Crippen MR) is 132 cm³/mol. The highest BCUT2D eigenvalue weighted by Gasteiger charge is 2.30. The molecule has 186 valence electrons. The van der Waals surface area contributed by atoms with Crippen LogP contribution in [0.25, 0.3) is 10.9 Å². The fourth-order valence-corrected chi connectivity index (χ4v) is 5.30. The molecule has 0 radical (unpaired) electrons. The number of carbonyl (C=O) groups excluding carboxylic acids is 1. The number of hydrogen-bond donors (Lipinski definition) is 1. The summed E-state index contributed by atoms with van der Waals surface area (Å²) in [4.78, 5) is 31.5. The molecule has 0 spiro atoms. The first-order valence-electron chi connectivity index (χ1n) is 11.2. The van der Waals surface area contributed by atoms with Crippen LogP contribution in [-0.4, -0.2) is 55.6 Å². The van der Waals surface area contributed by atoms with Crippen LogP contribution in [0.1, 0.15) is 26.3 Å². The lowest BCUT2D eigenvalue weighted by Crippen LogP contribution is -2.49. The fourth-order valence-electron chi connectivity index (χ4n) is 3.85. The maximum absolute atomic E-state index is 12.9. The molecule has 2 aromatic carbocycles. The maximum atomic E-state index is 12.9. The molecule has 0 saturated carbocycles. The molecule has 11 heteroatoms. The molecule has 2 heterocycles. The molecule has 35 heavy (non-hydrogen) atoms. The monoisotopic (exact) mass is 500 g/mol. The van der Waals surface area contributed by atoms with Crippen LogP contribution < -0.4 is 15.8 Å². The smallest absolute Gasteiger partial charge is 0.412 e. The number of aromatic nitrogens is 1. The van der Waals surface area contributed by atoms with Gasteiger partial charge in [0.05, 0.1) is 15.8 Å². The highest BCUT2D eigenvalue weighted by atomic mass is 32.2. The van der Waals surface area contributed by atoms with Gasteiger partial charge in [-0.25, -0.2) is 18.0 Å². The van der Waals surface area contributed by atoms with Crippen LogP contribution in [0.3, 0.4) is 0 Å². The molecule has 1 amide bonds. The number of sulfonamides is 1. The summed E-state index contributed by atoms with van der Waals surface area (Å²) in [5.41, 5.74) is 0.111. The highest BCUT2D eigenvalue weighted by Crippen LogP contribution is 2.26. The summed E-state index contributed by atoms with van der Waals surface area (Å²) in [6.07, 6.45) is -0.628. The van der Waals surface area contributed by atoms with Crippen molar-refractivity contribution in [3.8, 4) is 0 Å². The molecule has 0 bridgehead atoms. The minimum Gasteiger partial charge on any atom is -0.444 e. The van der Waals surface area contributed by atoms with Gasteiger partial charge in [0.25, 0.3) is 0 Å². The van der Waals surface area contributed by atoms with Gasteiger partial charge in [-0.1, -0.05) is 18.2 Å². The second kappa shape index (κ2) is 9.31. The van der Waals surface area contributed by atoms with Crippen molar-refractivity contribution >= 4 is 38.7 Å². The Morgan fingerprint density at radius 2 is 1.71 bits per heavy atom. The third-order valence-electron chi connectivity index (χ3n) is 5.57. The van der Waals surface area contributed by atoms with Crippen molar-refractivity contribution in [1.29, 1.82) is 0 Å². The average Bonchev–Trinajstić information content (AvgIpc) is 2.80. The number of amides is 1. The van der Waals surface area contributed by atoms with Gasteiger partial charge >= 0.3 is 17.7 Å². The van der Waals surface area contributed by atoms with Gasteiger partial charge in [-0.2, -0.15) is 9.29 Å². The van der Waals surface area contributed by atoms with Crippen LogP contribution in [0.5, 0.6) is 0 Å². The zero-order valence-electron chi connectivity index (χ0n) is 20.1. The molecule has 1 aliphatic heterocycles. The zero-order valence-corrected chi connectivity index (χ0v) is 20.9. The van der Waals surface area contributed by atoms with Crippen molar-refractivity contribution in [3.05, 3.63) is 58.4 Å². The first kappa shape index (κ1) is 24.7. The largest absolute Gasteiger partial charge is 0.444 e. The lowest BCUT2D eigenvalue weighted by Gasteiger charge is -2.33. The summed E-state index contributed by atoms with van der Waals surface area (Å²) < 4.78 is 37.9. The zero-order chi connectivity index (χ0) is 25.4. The van der Waals surface area contributed by atoms with E-state index in [9.17, 15) is 18.0 Å². The van der Waals surface area contributed by atoms with Gasteiger partial charge in [0, 0.05) is 31.9 Å². The molecule has 0 atom stereocenters. The highest BCUT2D eigenvalue weighted by molar-refractivity contribution is 7.89. The lowest BCUT2D eigenvalue weighted by molar-refractivity contribution is 0.0636. The molecule has 1 fully saturated rings. The van der Waals surface area contributed by atoms with Crippen LogP contribution in [0.2, 0.25) is 0 Å². The number of hydrogen-bond acceptors (Lipinski definition) is 8. The number of nitrogens with one attached hydrogen (secondary N) is 1. The van der Waals surface area contributed by atoms with E-state index in [1.807, 2.05) is 0 Å². The number of fused-ring (bicyclic) bond motifs is 1. The Morgan fingerprint density at radius 1 is 1.06 bits per heavy atom. The number of nitrogens with zero attached hydrogens (tertiary/aromatic N) is 3. The Morgan fingerprint density at radius 3 is 2.34 bits per heavy atom. The van der Waals surface area contributed by atoms with Gasteiger partial charge in [0.1, 0.15) is 5.60 Å². The van der Waals surface area contributed by atoms with E-state index in [1.54, 1.807) is 75.1 Å². The van der Waals surface area contributed by atoms with Gasteiger partial charge in [-0.3, -0.25) is 5.32 Å². The second-order valence-corrected chi connectivity index (χ2v) is 11.2. The normalized spacial score (nSPS) is 15.3. The number of piperazine rings is 1. The van der Waals surface area contributed by atoms with Crippen molar-refractivity contribution in [3.63, 3.8) is 0 Å². The molecule has 1 aliphatic rings. The van der Waals surface area contributed by atoms with Crippen LogP contribution in [0.15, 0.2) is 56.6 Å². The minimum atomic E-state index is -3.59. The lowest BCUT2D eigenvalue weighted by atomic mass is 10.1. The van der Waals surface area contributed by atoms with Crippen molar-refractivity contribution < 1.29 is 22.4 Å². The Kier molecular flexibility index (Phi) is 6.56. The van der Waals surface area contributed by atoms with Gasteiger partial charge in [-0.15, -0.1) is 0 Å². The van der Waals surface area contributed by atoms with E-state index in [0.29, 0.717) is 29.9 Å². The van der Waals surface area contributed by atoms with Crippen molar-refractivity contribution in [2.75, 3.05) is 36.4 Å². The molecule has 1 N–H and O–H groups in total. The summed E-state index contributed by atoms with van der Waals surface area (Å²) in [7, 11) is -3.59. The molecule has 0 aliphatic carbocycles. The van der Waals surface area contributed by atoms with Crippen LogP contribution >= 0.6 is 0 Å². The molecule has 10 nitrogen and oxygen atoms in total. The quantitative estimate of drug-likeness (QED) is 0.579. The molecular formula is C24H28N4O6S. The standard InChI is InChI=1S/C24H28N4O6S/c1-16-18(26-23(30)34-24(2,3)4)10-11-19-20(16)21(29)33-22(25-19)27-12-14-28(15-13-27)35(31,32)17-8-6-5-7-9-17/h5-11H,12-15H2,1-4H3,(H,26,30). The summed E-state index contributed by atoms with van der Waals surface area (Å²) >= 11 is 0. The van der Waals surface area contributed by atoms with Crippen LogP contribution in [-0.2, 0) is 14.8 Å². The molecule has 1 aromatic heterocycles. The predicted octanol–water partition coefficient (Wildman–Crippen LogP) is 3.35. The molecule has 0 unspecified atom stereocenters. The van der Waals surface area contributed by atoms with E-state index < -0.39 is 27.3 Å². The number of carbonyl (C=O) groups is 1. The Hall–Kier alpha value is -3.44. The number of aryl methyl sites for hydroxylation is 1. The molecule has 3 aromatic rings. The van der Waals surface area contributed by atoms with E-state index in [0.717, 1.165) is 0 Å². The van der Waals surface area contributed by atoms with Gasteiger partial charge in [0.2, 0.25) is 10.0 Å². The van der Waals surface area contributed by atoms with Crippen molar-refractivity contribution in [2.45, 2.75) is 38.2 Å². The third kappa shape index (κ3) is 5.30. The number of ether oxygens (including phenoxy) is 1. The van der Waals surface area contributed by atoms with E-state index in [-0.39, 0.29) is 29.4 Å². The third-order valence-corrected chi connectivity index (χ3v) is 7.49. The van der Waals surface area contributed by atoms with E-state index in [4.69, 9.17) is 9.15 Å². The van der Waals surface area contributed by atoms with Crippen molar-refractivity contribution in [1.82, 2.24) is 9.29 Å². The van der Waals surface area contributed by atoms with Gasteiger partial charge < -0.3 is 14.1 Å². The fraction of sp³-hybridized carbons (Fsp3) is 0.375. The first-order chi connectivity index (χ1) is 16.5. The molecule has 1 saturated heterocycles. The summed E-state index contributed by atoms with van der Waals surface area (Å²) in [5, 5.41) is 2.91. The van der Waals surface area contributed by atoms with E-state index in [1.165, 1.54) is 4.31 Å². The maximum Gasteiger partial charge on any atom is 0.412 e. The average molecular weight is 501 g/mol.